The zero-order valence-electron chi connectivity index (χ0n) is 9.11. The predicted molar refractivity (Wildman–Crippen MR) is 62.7 cm³/mol. The van der Waals surface area contributed by atoms with Crippen LogP contribution in [0.5, 0.6) is 0 Å². The summed E-state index contributed by atoms with van der Waals surface area (Å²) >= 11 is 1.39. The van der Waals surface area contributed by atoms with Crippen LogP contribution in [0.3, 0.4) is 0 Å². The summed E-state index contributed by atoms with van der Waals surface area (Å²) in [5.74, 6) is 5.37. The number of pyridine rings is 1. The van der Waals surface area contributed by atoms with Gasteiger partial charge in [-0.3, -0.25) is 10.8 Å². The smallest absolute Gasteiger partial charge is 0.271 e. The van der Waals surface area contributed by atoms with Crippen molar-refractivity contribution in [2.45, 2.75) is 12.2 Å². The summed E-state index contributed by atoms with van der Waals surface area (Å²) in [6.07, 6.45) is -2.12. The number of nitrogens with zero attached hydrogens (tertiary/aromatic N) is 1. The highest BCUT2D eigenvalue weighted by Crippen LogP contribution is 2.36. The van der Waals surface area contributed by atoms with E-state index in [1.807, 2.05) is 0 Å². The van der Waals surface area contributed by atoms with E-state index < -0.39 is 17.8 Å². The molecule has 1 atom stereocenters. The van der Waals surface area contributed by atoms with E-state index in [2.05, 4.69) is 10.4 Å². The molecule has 0 aliphatic rings. The van der Waals surface area contributed by atoms with Gasteiger partial charge in [0.25, 0.3) is 0 Å². The topological polar surface area (TPSA) is 50.9 Å². The van der Waals surface area contributed by atoms with Crippen LogP contribution in [0.25, 0.3) is 0 Å². The highest BCUT2D eigenvalue weighted by Gasteiger charge is 2.35. The highest BCUT2D eigenvalue weighted by molar-refractivity contribution is 7.08. The molecule has 0 radical (unpaired) electrons. The molecule has 0 saturated carbocycles. The maximum Gasteiger partial charge on any atom is 0.416 e. The number of rotatable bonds is 3. The Hall–Kier alpha value is -1.44. The molecule has 1 unspecified atom stereocenters. The van der Waals surface area contributed by atoms with Gasteiger partial charge in [-0.1, -0.05) is 0 Å². The van der Waals surface area contributed by atoms with Gasteiger partial charge in [-0.05, 0) is 28.5 Å². The molecular formula is C11H10F3N3S. The van der Waals surface area contributed by atoms with Gasteiger partial charge < -0.3 is 0 Å². The van der Waals surface area contributed by atoms with Crippen molar-refractivity contribution in [3.05, 3.63) is 52.0 Å². The number of hydrogen-bond donors (Lipinski definition) is 2. The molecule has 3 N–H and O–H groups in total. The standard InChI is InChI=1S/C11H10F3N3S/c12-11(13,14)9-1-3-16-5-8(9)10(17-15)7-2-4-18-6-7/h1-6,10,17H,15H2. The second kappa shape index (κ2) is 5.05. The number of thiophene rings is 1. The molecule has 0 amide bonds. The molecule has 2 aromatic heterocycles. The lowest BCUT2D eigenvalue weighted by Crippen LogP contribution is -2.30. The normalized spacial score (nSPS) is 13.6. The van der Waals surface area contributed by atoms with Crippen LogP contribution < -0.4 is 11.3 Å². The molecule has 0 bridgehead atoms. The average molecular weight is 273 g/mol. The molecule has 3 nitrogen and oxygen atoms in total. The molecule has 0 aromatic carbocycles. The van der Waals surface area contributed by atoms with Crippen molar-refractivity contribution >= 4 is 11.3 Å². The first kappa shape index (κ1) is 13.0. The maximum atomic E-state index is 12.9. The van der Waals surface area contributed by atoms with Crippen molar-refractivity contribution in [1.82, 2.24) is 10.4 Å². The molecule has 96 valence electrons. The predicted octanol–water partition coefficient (Wildman–Crippen LogP) is 2.71. The molecule has 0 aliphatic carbocycles. The molecule has 2 aromatic rings. The van der Waals surface area contributed by atoms with E-state index in [0.717, 1.165) is 12.3 Å². The van der Waals surface area contributed by atoms with Gasteiger partial charge in [0.05, 0.1) is 11.6 Å². The second-order valence-electron chi connectivity index (χ2n) is 3.62. The van der Waals surface area contributed by atoms with Gasteiger partial charge >= 0.3 is 6.18 Å². The van der Waals surface area contributed by atoms with Gasteiger partial charge in [-0.2, -0.15) is 24.5 Å². The van der Waals surface area contributed by atoms with E-state index in [1.54, 1.807) is 16.8 Å². The Balaban J connectivity index is 2.50. The molecule has 0 saturated heterocycles. The van der Waals surface area contributed by atoms with Crippen LogP contribution >= 0.6 is 11.3 Å². The zero-order chi connectivity index (χ0) is 13.2. The lowest BCUT2D eigenvalue weighted by molar-refractivity contribution is -0.138. The van der Waals surface area contributed by atoms with Crippen LogP contribution in [0.15, 0.2) is 35.3 Å². The van der Waals surface area contributed by atoms with Crippen LogP contribution in [0, 0.1) is 0 Å². The van der Waals surface area contributed by atoms with E-state index in [-0.39, 0.29) is 5.56 Å². The van der Waals surface area contributed by atoms with Gasteiger partial charge in [0.2, 0.25) is 0 Å². The number of alkyl halides is 3. The number of hydrogen-bond acceptors (Lipinski definition) is 4. The summed E-state index contributed by atoms with van der Waals surface area (Å²) in [4.78, 5) is 3.75. The summed E-state index contributed by atoms with van der Waals surface area (Å²) in [5.41, 5.74) is 2.37. The van der Waals surface area contributed by atoms with Crippen molar-refractivity contribution in [1.29, 1.82) is 0 Å². The summed E-state index contributed by atoms with van der Waals surface area (Å²) < 4.78 is 38.7. The molecule has 2 rings (SSSR count). The number of nitrogens with one attached hydrogen (secondary N) is 1. The van der Waals surface area contributed by atoms with Crippen molar-refractivity contribution in [3.8, 4) is 0 Å². The Kier molecular flexibility index (Phi) is 3.65. The fourth-order valence-corrected chi connectivity index (χ4v) is 2.39. The quantitative estimate of drug-likeness (QED) is 0.668. The fourth-order valence-electron chi connectivity index (χ4n) is 1.70. The Labute approximate surface area is 105 Å². The summed E-state index contributed by atoms with van der Waals surface area (Å²) in [7, 11) is 0. The summed E-state index contributed by atoms with van der Waals surface area (Å²) in [6, 6.07) is 1.95. The number of nitrogens with two attached hydrogens (primary N) is 1. The minimum absolute atomic E-state index is 0.0194. The van der Waals surface area contributed by atoms with Crippen LogP contribution in [-0.2, 0) is 6.18 Å². The second-order valence-corrected chi connectivity index (χ2v) is 4.40. The monoisotopic (exact) mass is 273 g/mol. The Morgan fingerprint density at radius 1 is 1.33 bits per heavy atom. The molecule has 0 spiro atoms. The van der Waals surface area contributed by atoms with E-state index in [4.69, 9.17) is 5.84 Å². The first-order chi connectivity index (χ1) is 8.54. The molecular weight excluding hydrogens is 263 g/mol. The number of halogens is 3. The third-order valence-corrected chi connectivity index (χ3v) is 3.21. The molecule has 0 fully saturated rings. The molecule has 7 heteroatoms. The molecule has 0 aliphatic heterocycles. The van der Waals surface area contributed by atoms with Crippen LogP contribution in [0.1, 0.15) is 22.7 Å². The van der Waals surface area contributed by atoms with Gasteiger partial charge in [-0.25, -0.2) is 5.43 Å². The van der Waals surface area contributed by atoms with Gasteiger partial charge in [0.15, 0.2) is 0 Å². The van der Waals surface area contributed by atoms with Crippen LogP contribution in [-0.4, -0.2) is 4.98 Å². The summed E-state index contributed by atoms with van der Waals surface area (Å²) in [6.45, 7) is 0. The van der Waals surface area contributed by atoms with Gasteiger partial charge in [0, 0.05) is 18.0 Å². The number of aromatic nitrogens is 1. The lowest BCUT2D eigenvalue weighted by Gasteiger charge is -2.19. The van der Waals surface area contributed by atoms with Crippen LogP contribution in [0.4, 0.5) is 13.2 Å². The van der Waals surface area contributed by atoms with Crippen LogP contribution in [0.2, 0.25) is 0 Å². The zero-order valence-corrected chi connectivity index (χ0v) is 9.92. The minimum Gasteiger partial charge on any atom is -0.271 e. The SMILES string of the molecule is NNC(c1ccsc1)c1cnccc1C(F)(F)F. The van der Waals surface area contributed by atoms with Crippen molar-refractivity contribution < 1.29 is 13.2 Å². The van der Waals surface area contributed by atoms with Crippen molar-refractivity contribution in [2.24, 2.45) is 5.84 Å². The average Bonchev–Trinajstić information content (AvgIpc) is 2.83. The Morgan fingerprint density at radius 2 is 2.11 bits per heavy atom. The van der Waals surface area contributed by atoms with Gasteiger partial charge in [0.1, 0.15) is 0 Å². The maximum absolute atomic E-state index is 12.9. The first-order valence-electron chi connectivity index (χ1n) is 5.03. The van der Waals surface area contributed by atoms with E-state index in [0.29, 0.717) is 5.56 Å². The first-order valence-corrected chi connectivity index (χ1v) is 5.97. The van der Waals surface area contributed by atoms with Crippen molar-refractivity contribution in [3.63, 3.8) is 0 Å². The highest BCUT2D eigenvalue weighted by atomic mass is 32.1. The third-order valence-electron chi connectivity index (χ3n) is 2.51. The van der Waals surface area contributed by atoms with E-state index in [1.165, 1.54) is 17.5 Å². The molecule has 18 heavy (non-hydrogen) atoms. The lowest BCUT2D eigenvalue weighted by atomic mass is 9.98. The van der Waals surface area contributed by atoms with E-state index in [9.17, 15) is 13.2 Å². The summed E-state index contributed by atoms with van der Waals surface area (Å²) in [5, 5.41) is 3.53. The Morgan fingerprint density at radius 3 is 2.67 bits per heavy atom. The number of hydrazine groups is 1. The minimum atomic E-state index is -4.43. The van der Waals surface area contributed by atoms with Gasteiger partial charge in [-0.15, -0.1) is 0 Å². The molecule has 2 heterocycles. The third kappa shape index (κ3) is 2.53. The largest absolute Gasteiger partial charge is 0.416 e. The van der Waals surface area contributed by atoms with Crippen molar-refractivity contribution in [2.75, 3.05) is 0 Å². The van der Waals surface area contributed by atoms with E-state index >= 15 is 0 Å². The Bertz CT molecular complexity index is 511. The fraction of sp³-hybridized carbons (Fsp3) is 0.182.